The summed E-state index contributed by atoms with van der Waals surface area (Å²) >= 11 is 0. The standard InChI is InChI=1S/C12H16N4/c1-3-5-14-11-7-12(9-13-8-11)16-6-4-10(2)15-16/h4,6-9,14H,3,5H2,1-2H3. The van der Waals surface area contributed by atoms with Gasteiger partial charge in [-0.3, -0.25) is 4.98 Å². The Balaban J connectivity index is 2.22. The number of aromatic nitrogens is 3. The second kappa shape index (κ2) is 4.79. The first-order valence-electron chi connectivity index (χ1n) is 5.51. The minimum atomic E-state index is 0.962. The van der Waals surface area contributed by atoms with Gasteiger partial charge >= 0.3 is 0 Å². The van der Waals surface area contributed by atoms with Crippen LogP contribution in [0.3, 0.4) is 0 Å². The van der Waals surface area contributed by atoms with Gasteiger partial charge < -0.3 is 5.32 Å². The van der Waals surface area contributed by atoms with Gasteiger partial charge in [-0.15, -0.1) is 0 Å². The predicted molar refractivity (Wildman–Crippen MR) is 64.9 cm³/mol. The summed E-state index contributed by atoms with van der Waals surface area (Å²) in [6.07, 6.45) is 6.68. The molecule has 84 valence electrons. The van der Waals surface area contributed by atoms with Crippen molar-refractivity contribution in [1.82, 2.24) is 14.8 Å². The predicted octanol–water partition coefficient (Wildman–Crippen LogP) is 2.40. The lowest BCUT2D eigenvalue weighted by Crippen LogP contribution is -2.02. The van der Waals surface area contributed by atoms with Crippen molar-refractivity contribution in [2.24, 2.45) is 0 Å². The molecule has 0 bridgehead atoms. The average Bonchev–Trinajstić information content (AvgIpc) is 2.74. The Bertz CT molecular complexity index is 462. The van der Waals surface area contributed by atoms with Crippen molar-refractivity contribution in [3.8, 4) is 5.69 Å². The number of pyridine rings is 1. The van der Waals surface area contributed by atoms with Crippen molar-refractivity contribution in [1.29, 1.82) is 0 Å². The molecular weight excluding hydrogens is 200 g/mol. The lowest BCUT2D eigenvalue weighted by Gasteiger charge is -2.06. The van der Waals surface area contributed by atoms with E-state index >= 15 is 0 Å². The van der Waals surface area contributed by atoms with Gasteiger partial charge in [0.2, 0.25) is 0 Å². The molecule has 0 unspecified atom stereocenters. The summed E-state index contributed by atoms with van der Waals surface area (Å²) in [6.45, 7) is 5.08. The normalized spacial score (nSPS) is 10.4. The van der Waals surface area contributed by atoms with Crippen molar-refractivity contribution in [3.63, 3.8) is 0 Å². The fourth-order valence-electron chi connectivity index (χ4n) is 1.48. The second-order valence-corrected chi connectivity index (χ2v) is 3.76. The number of aryl methyl sites for hydroxylation is 1. The van der Waals surface area contributed by atoms with Gasteiger partial charge in [-0.05, 0) is 25.5 Å². The highest BCUT2D eigenvalue weighted by Gasteiger charge is 2.00. The third-order valence-electron chi connectivity index (χ3n) is 2.29. The molecule has 2 rings (SSSR count). The molecule has 4 nitrogen and oxygen atoms in total. The summed E-state index contributed by atoms with van der Waals surface area (Å²) in [6, 6.07) is 4.03. The minimum absolute atomic E-state index is 0.962. The number of rotatable bonds is 4. The van der Waals surface area contributed by atoms with Crippen LogP contribution in [0, 0.1) is 6.92 Å². The zero-order valence-electron chi connectivity index (χ0n) is 9.64. The van der Waals surface area contributed by atoms with Crippen LogP contribution in [-0.2, 0) is 0 Å². The highest BCUT2D eigenvalue weighted by atomic mass is 15.3. The Labute approximate surface area is 95.3 Å². The molecule has 0 aliphatic rings. The van der Waals surface area contributed by atoms with Crippen LogP contribution in [0.1, 0.15) is 19.0 Å². The van der Waals surface area contributed by atoms with Crippen molar-refractivity contribution < 1.29 is 0 Å². The molecule has 1 N–H and O–H groups in total. The lowest BCUT2D eigenvalue weighted by atomic mass is 10.3. The Hall–Kier alpha value is -1.84. The van der Waals surface area contributed by atoms with E-state index in [2.05, 4.69) is 28.4 Å². The largest absolute Gasteiger partial charge is 0.384 e. The summed E-state index contributed by atoms with van der Waals surface area (Å²) in [5.41, 5.74) is 3.02. The van der Waals surface area contributed by atoms with Crippen LogP contribution in [0.15, 0.2) is 30.7 Å². The fourth-order valence-corrected chi connectivity index (χ4v) is 1.48. The molecule has 0 fully saturated rings. The van der Waals surface area contributed by atoms with Crippen LogP contribution in [0.25, 0.3) is 5.69 Å². The molecule has 0 spiro atoms. The fraction of sp³-hybridized carbons (Fsp3) is 0.333. The SMILES string of the molecule is CCCNc1cncc(-n2ccc(C)n2)c1. The number of anilines is 1. The van der Waals surface area contributed by atoms with E-state index in [1.54, 1.807) is 0 Å². The Morgan fingerprint density at radius 1 is 1.38 bits per heavy atom. The van der Waals surface area contributed by atoms with Gasteiger partial charge in [0.1, 0.15) is 0 Å². The van der Waals surface area contributed by atoms with Gasteiger partial charge in [-0.1, -0.05) is 6.92 Å². The van der Waals surface area contributed by atoms with Crippen LogP contribution in [0.4, 0.5) is 5.69 Å². The second-order valence-electron chi connectivity index (χ2n) is 3.76. The smallest absolute Gasteiger partial charge is 0.0849 e. The monoisotopic (exact) mass is 216 g/mol. The summed E-state index contributed by atoms with van der Waals surface area (Å²) in [7, 11) is 0. The molecule has 0 saturated heterocycles. The molecule has 2 heterocycles. The van der Waals surface area contributed by atoms with Gasteiger partial charge in [0.25, 0.3) is 0 Å². The number of hydrogen-bond donors (Lipinski definition) is 1. The third-order valence-corrected chi connectivity index (χ3v) is 2.29. The van der Waals surface area contributed by atoms with Gasteiger partial charge in [-0.2, -0.15) is 5.10 Å². The molecule has 0 aliphatic carbocycles. The Kier molecular flexibility index (Phi) is 3.19. The highest BCUT2D eigenvalue weighted by molar-refractivity contribution is 5.47. The van der Waals surface area contributed by atoms with Gasteiger partial charge in [0.15, 0.2) is 0 Å². The number of nitrogens with zero attached hydrogens (tertiary/aromatic N) is 3. The zero-order valence-corrected chi connectivity index (χ0v) is 9.64. The molecule has 4 heteroatoms. The van der Waals surface area contributed by atoms with Crippen LogP contribution in [0.5, 0.6) is 0 Å². The molecular formula is C12H16N4. The maximum absolute atomic E-state index is 4.35. The highest BCUT2D eigenvalue weighted by Crippen LogP contribution is 2.12. The number of hydrogen-bond acceptors (Lipinski definition) is 3. The van der Waals surface area contributed by atoms with Crippen LogP contribution in [-0.4, -0.2) is 21.3 Å². The summed E-state index contributed by atoms with van der Waals surface area (Å²) in [5, 5.41) is 7.66. The molecule has 0 radical (unpaired) electrons. The molecule has 16 heavy (non-hydrogen) atoms. The first-order valence-corrected chi connectivity index (χ1v) is 5.51. The maximum atomic E-state index is 4.35. The molecule has 0 amide bonds. The van der Waals surface area contributed by atoms with Gasteiger partial charge in [0.05, 0.1) is 29.5 Å². The Morgan fingerprint density at radius 2 is 2.25 bits per heavy atom. The maximum Gasteiger partial charge on any atom is 0.0849 e. The molecule has 0 saturated carbocycles. The quantitative estimate of drug-likeness (QED) is 0.853. The van der Waals surface area contributed by atoms with Crippen LogP contribution >= 0.6 is 0 Å². The van der Waals surface area contributed by atoms with Crippen LogP contribution in [0.2, 0.25) is 0 Å². The Morgan fingerprint density at radius 3 is 2.94 bits per heavy atom. The van der Waals surface area contributed by atoms with Crippen molar-refractivity contribution in [3.05, 3.63) is 36.4 Å². The van der Waals surface area contributed by atoms with Crippen molar-refractivity contribution in [2.75, 3.05) is 11.9 Å². The van der Waals surface area contributed by atoms with Gasteiger partial charge in [-0.25, -0.2) is 4.68 Å². The number of nitrogens with one attached hydrogen (secondary N) is 1. The first-order chi connectivity index (χ1) is 7.79. The lowest BCUT2D eigenvalue weighted by molar-refractivity contribution is 0.856. The molecule has 0 aromatic carbocycles. The summed E-state index contributed by atoms with van der Waals surface area (Å²) in [5.74, 6) is 0. The molecule has 2 aromatic heterocycles. The zero-order chi connectivity index (χ0) is 11.4. The summed E-state index contributed by atoms with van der Waals surface area (Å²) in [4.78, 5) is 4.20. The van der Waals surface area contributed by atoms with E-state index in [1.807, 2.05) is 36.3 Å². The van der Waals surface area contributed by atoms with Crippen molar-refractivity contribution >= 4 is 5.69 Å². The van der Waals surface area contributed by atoms with Crippen molar-refractivity contribution in [2.45, 2.75) is 20.3 Å². The van der Waals surface area contributed by atoms with E-state index < -0.39 is 0 Å². The van der Waals surface area contributed by atoms with E-state index in [1.165, 1.54) is 0 Å². The van der Waals surface area contributed by atoms with E-state index in [0.29, 0.717) is 0 Å². The van der Waals surface area contributed by atoms with E-state index in [-0.39, 0.29) is 0 Å². The minimum Gasteiger partial charge on any atom is -0.384 e. The molecule has 2 aromatic rings. The topological polar surface area (TPSA) is 42.7 Å². The van der Waals surface area contributed by atoms with Crippen LogP contribution < -0.4 is 5.32 Å². The van der Waals surface area contributed by atoms with E-state index in [4.69, 9.17) is 0 Å². The third kappa shape index (κ3) is 2.39. The van der Waals surface area contributed by atoms with Gasteiger partial charge in [0, 0.05) is 12.7 Å². The average molecular weight is 216 g/mol. The molecule has 0 atom stereocenters. The summed E-state index contributed by atoms with van der Waals surface area (Å²) < 4.78 is 1.83. The van der Waals surface area contributed by atoms with E-state index in [0.717, 1.165) is 30.0 Å². The molecule has 0 aliphatic heterocycles. The first kappa shape index (κ1) is 10.7. The van der Waals surface area contributed by atoms with E-state index in [9.17, 15) is 0 Å².